The van der Waals surface area contributed by atoms with E-state index in [2.05, 4.69) is 17.6 Å². The minimum Gasteiger partial charge on any atom is -0.252 e. The third-order valence-corrected chi connectivity index (χ3v) is 0.917. The van der Waals surface area contributed by atoms with Crippen molar-refractivity contribution in [2.45, 2.75) is 13.3 Å². The molecular weight excluding hydrogens is 86.1 g/mol. The summed E-state index contributed by atoms with van der Waals surface area (Å²) in [5.74, 6) is 0. The Labute approximate surface area is 43.1 Å². The van der Waals surface area contributed by atoms with E-state index in [1.807, 2.05) is 6.08 Å². The molecule has 1 heterocycles. The lowest BCUT2D eigenvalue weighted by molar-refractivity contribution is 1.29. The van der Waals surface area contributed by atoms with Gasteiger partial charge in [0.15, 0.2) is 0 Å². The lowest BCUT2D eigenvalue weighted by atomic mass is 10.3. The van der Waals surface area contributed by atoms with Gasteiger partial charge in [0, 0.05) is 11.8 Å². The fourth-order valence-electron chi connectivity index (χ4n) is 0.484. The van der Waals surface area contributed by atoms with E-state index in [1.165, 1.54) is 0 Å². The van der Waals surface area contributed by atoms with E-state index in [9.17, 15) is 0 Å². The van der Waals surface area contributed by atoms with Crippen molar-refractivity contribution in [1.82, 2.24) is 0 Å². The van der Waals surface area contributed by atoms with Crippen molar-refractivity contribution in [3.05, 3.63) is 18.0 Å². The van der Waals surface area contributed by atoms with Crippen LogP contribution in [0.1, 0.15) is 13.3 Å². The third kappa shape index (κ3) is 0.787. The summed E-state index contributed by atoms with van der Waals surface area (Å²) in [6.07, 6.45) is 4.61. The van der Waals surface area contributed by atoms with Crippen molar-refractivity contribution >= 4 is 5.71 Å². The molecule has 0 aliphatic carbocycles. The van der Waals surface area contributed by atoms with Gasteiger partial charge in [-0.3, -0.25) is 4.99 Å². The fraction of sp³-hybridized carbons (Fsp3) is 0.333. The summed E-state index contributed by atoms with van der Waals surface area (Å²) in [4.78, 5) is 3.98. The first-order valence-corrected chi connectivity index (χ1v) is 2.41. The average molecular weight is 93.1 g/mol. The van der Waals surface area contributed by atoms with Gasteiger partial charge in [-0.05, 0) is 6.42 Å². The second kappa shape index (κ2) is 1.76. The molecular formula is C6H7N. The molecule has 1 aliphatic rings. The van der Waals surface area contributed by atoms with Crippen LogP contribution < -0.4 is 0 Å². The van der Waals surface area contributed by atoms with Crippen molar-refractivity contribution in [1.29, 1.82) is 0 Å². The van der Waals surface area contributed by atoms with Crippen LogP contribution in [0.15, 0.2) is 23.0 Å². The number of allylic oxidation sites excluding steroid dienone is 1. The fourth-order valence-corrected chi connectivity index (χ4v) is 0.484. The number of rotatable bonds is 1. The summed E-state index contributed by atoms with van der Waals surface area (Å²) >= 11 is 0. The monoisotopic (exact) mass is 93.1 g/mol. The molecule has 0 N–H and O–H groups in total. The summed E-state index contributed by atoms with van der Waals surface area (Å²) in [6, 6.07) is 0. The molecule has 0 bridgehead atoms. The molecule has 0 spiro atoms. The van der Waals surface area contributed by atoms with Gasteiger partial charge in [0.1, 0.15) is 0 Å². The smallest absolute Gasteiger partial charge is 0.0690 e. The SMILES string of the molecule is CCC1=NC=C=C1. The Morgan fingerprint density at radius 1 is 1.86 bits per heavy atom. The summed E-state index contributed by atoms with van der Waals surface area (Å²) in [6.45, 7) is 2.08. The van der Waals surface area contributed by atoms with E-state index in [4.69, 9.17) is 0 Å². The zero-order valence-electron chi connectivity index (χ0n) is 4.31. The Bertz CT molecular complexity index is 148. The van der Waals surface area contributed by atoms with E-state index in [0.29, 0.717) is 0 Å². The molecule has 0 saturated carbocycles. The normalized spacial score (nSPS) is 15.3. The molecule has 1 heteroatoms. The highest BCUT2D eigenvalue weighted by atomic mass is 14.7. The maximum Gasteiger partial charge on any atom is 0.0690 e. The lowest BCUT2D eigenvalue weighted by Gasteiger charge is -1.81. The van der Waals surface area contributed by atoms with Gasteiger partial charge in [-0.25, -0.2) is 0 Å². The Balaban J connectivity index is 2.63. The van der Waals surface area contributed by atoms with Crippen molar-refractivity contribution in [3.8, 4) is 0 Å². The van der Waals surface area contributed by atoms with E-state index in [-0.39, 0.29) is 0 Å². The number of hydrogen-bond donors (Lipinski definition) is 0. The van der Waals surface area contributed by atoms with Crippen LogP contribution in [-0.2, 0) is 0 Å². The quantitative estimate of drug-likeness (QED) is 0.436. The van der Waals surface area contributed by atoms with Gasteiger partial charge in [-0.1, -0.05) is 12.7 Å². The molecule has 0 unspecified atom stereocenters. The first kappa shape index (κ1) is 4.35. The van der Waals surface area contributed by atoms with Crippen LogP contribution in [0.3, 0.4) is 0 Å². The molecule has 0 fully saturated rings. The molecule has 0 radical (unpaired) electrons. The molecule has 0 atom stereocenters. The zero-order chi connectivity index (χ0) is 5.11. The van der Waals surface area contributed by atoms with E-state index in [0.717, 1.165) is 12.1 Å². The number of hydrogen-bond acceptors (Lipinski definition) is 1. The van der Waals surface area contributed by atoms with Crippen LogP contribution in [0.4, 0.5) is 0 Å². The topological polar surface area (TPSA) is 12.4 Å². The van der Waals surface area contributed by atoms with Crippen LogP contribution in [-0.4, -0.2) is 5.71 Å². The van der Waals surface area contributed by atoms with Gasteiger partial charge in [-0.15, -0.1) is 0 Å². The summed E-state index contributed by atoms with van der Waals surface area (Å²) in [5.41, 5.74) is 3.99. The summed E-state index contributed by atoms with van der Waals surface area (Å²) in [7, 11) is 0. The van der Waals surface area contributed by atoms with Crippen molar-refractivity contribution in [3.63, 3.8) is 0 Å². The molecule has 7 heavy (non-hydrogen) atoms. The molecule has 1 nitrogen and oxygen atoms in total. The molecule has 0 aromatic carbocycles. The van der Waals surface area contributed by atoms with Crippen LogP contribution in [0.25, 0.3) is 0 Å². The molecule has 0 saturated heterocycles. The second-order valence-electron chi connectivity index (χ2n) is 1.41. The average Bonchev–Trinajstić information content (AvgIpc) is 2.14. The van der Waals surface area contributed by atoms with Crippen LogP contribution in [0.5, 0.6) is 0 Å². The molecule has 1 rings (SSSR count). The van der Waals surface area contributed by atoms with Crippen LogP contribution in [0.2, 0.25) is 0 Å². The van der Waals surface area contributed by atoms with Gasteiger partial charge >= 0.3 is 0 Å². The summed E-state index contributed by atoms with van der Waals surface area (Å²) < 4.78 is 0. The third-order valence-electron chi connectivity index (χ3n) is 0.917. The minimum absolute atomic E-state index is 1.02. The molecule has 0 amide bonds. The number of nitrogens with zero attached hydrogens (tertiary/aromatic N) is 1. The Morgan fingerprint density at radius 3 is 3.00 bits per heavy atom. The van der Waals surface area contributed by atoms with Crippen LogP contribution in [0, 0.1) is 0 Å². The first-order valence-electron chi connectivity index (χ1n) is 2.41. The highest BCUT2D eigenvalue weighted by Crippen LogP contribution is 1.93. The Hall–Kier alpha value is -0.810. The molecule has 36 valence electrons. The van der Waals surface area contributed by atoms with Gasteiger partial charge in [0.25, 0.3) is 0 Å². The Morgan fingerprint density at radius 2 is 2.71 bits per heavy atom. The lowest BCUT2D eigenvalue weighted by Crippen LogP contribution is -1.82. The van der Waals surface area contributed by atoms with Gasteiger partial charge in [-0.2, -0.15) is 0 Å². The summed E-state index contributed by atoms with van der Waals surface area (Å²) in [5, 5.41) is 0. The van der Waals surface area contributed by atoms with Gasteiger partial charge in [0.05, 0.1) is 6.20 Å². The van der Waals surface area contributed by atoms with Crippen LogP contribution >= 0.6 is 0 Å². The maximum absolute atomic E-state index is 3.98. The van der Waals surface area contributed by atoms with E-state index in [1.54, 1.807) is 6.20 Å². The highest BCUT2D eigenvalue weighted by molar-refractivity contribution is 5.96. The van der Waals surface area contributed by atoms with E-state index < -0.39 is 0 Å². The molecule has 1 aliphatic heterocycles. The molecule has 0 aromatic rings. The number of aliphatic imine (C=N–C) groups is 1. The predicted molar refractivity (Wildman–Crippen MR) is 30.4 cm³/mol. The van der Waals surface area contributed by atoms with Crippen molar-refractivity contribution in [2.24, 2.45) is 4.99 Å². The highest BCUT2D eigenvalue weighted by Gasteiger charge is 1.87. The minimum atomic E-state index is 1.02. The van der Waals surface area contributed by atoms with E-state index >= 15 is 0 Å². The van der Waals surface area contributed by atoms with Crippen molar-refractivity contribution in [2.75, 3.05) is 0 Å². The predicted octanol–water partition coefficient (Wildman–Crippen LogP) is 1.52. The largest absolute Gasteiger partial charge is 0.252 e. The Kier molecular flexibility index (Phi) is 1.10. The van der Waals surface area contributed by atoms with Gasteiger partial charge < -0.3 is 0 Å². The zero-order valence-corrected chi connectivity index (χ0v) is 4.31. The maximum atomic E-state index is 3.98. The second-order valence-corrected chi connectivity index (χ2v) is 1.41. The molecule has 0 aromatic heterocycles. The van der Waals surface area contributed by atoms with Crippen molar-refractivity contribution < 1.29 is 0 Å². The standard InChI is InChI=1S/C6H7N/c1-2-6-4-3-5-7-6/h4-5H,2H2,1H3. The first-order chi connectivity index (χ1) is 3.43. The van der Waals surface area contributed by atoms with Gasteiger partial charge in [0.2, 0.25) is 0 Å².